The van der Waals surface area contributed by atoms with Gasteiger partial charge in [0.05, 0.1) is 5.69 Å². The molecular formula is C19H22FN5O3. The quantitative estimate of drug-likeness (QED) is 0.831. The van der Waals surface area contributed by atoms with Crippen molar-refractivity contribution in [1.29, 1.82) is 0 Å². The second-order valence-electron chi connectivity index (χ2n) is 7.27. The zero-order valence-corrected chi connectivity index (χ0v) is 15.6. The Morgan fingerprint density at radius 3 is 2.86 bits per heavy atom. The Bertz CT molecular complexity index is 928. The Labute approximate surface area is 161 Å². The zero-order valence-electron chi connectivity index (χ0n) is 15.6. The highest BCUT2D eigenvalue weighted by Gasteiger charge is 2.31. The van der Waals surface area contributed by atoms with Crippen LogP contribution >= 0.6 is 0 Å². The number of piperazine rings is 1. The van der Waals surface area contributed by atoms with Crippen LogP contribution in [0, 0.1) is 5.82 Å². The number of halogens is 1. The van der Waals surface area contributed by atoms with Crippen LogP contribution in [-0.4, -0.2) is 63.9 Å². The molecule has 9 heteroatoms. The number of aromatic carboxylic acids is 1. The van der Waals surface area contributed by atoms with Crippen molar-refractivity contribution in [3.8, 4) is 0 Å². The van der Waals surface area contributed by atoms with Gasteiger partial charge in [-0.25, -0.2) is 9.18 Å². The van der Waals surface area contributed by atoms with E-state index in [2.05, 4.69) is 20.2 Å². The van der Waals surface area contributed by atoms with Gasteiger partial charge in [0.25, 0.3) is 5.91 Å². The summed E-state index contributed by atoms with van der Waals surface area (Å²) < 4.78 is 16.0. The lowest BCUT2D eigenvalue weighted by molar-refractivity contribution is 0.0692. The molecule has 8 nitrogen and oxygen atoms in total. The highest BCUT2D eigenvalue weighted by molar-refractivity contribution is 6.09. The predicted octanol–water partition coefficient (Wildman–Crippen LogP) is 1.79. The largest absolute Gasteiger partial charge is 0.478 e. The topological polar surface area (TPSA) is 90.7 Å². The van der Waals surface area contributed by atoms with Crippen LogP contribution in [0.3, 0.4) is 0 Å². The van der Waals surface area contributed by atoms with Gasteiger partial charge in [-0.2, -0.15) is 5.10 Å². The Hall–Kier alpha value is -2.94. The van der Waals surface area contributed by atoms with Gasteiger partial charge in [0.15, 0.2) is 5.69 Å². The first-order chi connectivity index (χ1) is 13.4. The van der Waals surface area contributed by atoms with Crippen molar-refractivity contribution in [3.05, 3.63) is 41.5 Å². The molecule has 1 aromatic heterocycles. The second-order valence-corrected chi connectivity index (χ2v) is 7.27. The van der Waals surface area contributed by atoms with Crippen molar-refractivity contribution in [2.24, 2.45) is 7.05 Å². The fraction of sp³-hybridized carbons (Fsp3) is 0.421. The minimum atomic E-state index is -1.24. The minimum absolute atomic E-state index is 0.202. The number of anilines is 2. The molecule has 0 spiro atoms. The molecule has 0 unspecified atom stereocenters. The van der Waals surface area contributed by atoms with Crippen LogP contribution in [0.25, 0.3) is 0 Å². The highest BCUT2D eigenvalue weighted by atomic mass is 19.1. The SMILES string of the molecule is Cn1cc(C(=O)O)c(C(=O)Nc2ccc(N3CCN4CCC[C@H]4C3)c(F)c2)n1. The fourth-order valence-electron chi connectivity index (χ4n) is 4.05. The van der Waals surface area contributed by atoms with E-state index in [4.69, 9.17) is 0 Å². The fourth-order valence-corrected chi connectivity index (χ4v) is 4.05. The van der Waals surface area contributed by atoms with E-state index in [0.717, 1.165) is 32.6 Å². The summed E-state index contributed by atoms with van der Waals surface area (Å²) in [5.41, 5.74) is 0.365. The van der Waals surface area contributed by atoms with Crippen molar-refractivity contribution in [3.63, 3.8) is 0 Å². The lowest BCUT2D eigenvalue weighted by atomic mass is 10.1. The molecule has 3 heterocycles. The van der Waals surface area contributed by atoms with Gasteiger partial charge in [0.2, 0.25) is 0 Å². The molecule has 1 atom stereocenters. The molecule has 28 heavy (non-hydrogen) atoms. The van der Waals surface area contributed by atoms with E-state index in [1.807, 2.05) is 0 Å². The smallest absolute Gasteiger partial charge is 0.339 e. The average Bonchev–Trinajstić information content (AvgIpc) is 3.27. The third-order valence-electron chi connectivity index (χ3n) is 5.41. The van der Waals surface area contributed by atoms with Crippen molar-refractivity contribution in [1.82, 2.24) is 14.7 Å². The van der Waals surface area contributed by atoms with Gasteiger partial charge in [0.1, 0.15) is 11.4 Å². The monoisotopic (exact) mass is 387 g/mol. The Balaban J connectivity index is 1.49. The van der Waals surface area contributed by atoms with Gasteiger partial charge in [-0.15, -0.1) is 0 Å². The van der Waals surface area contributed by atoms with Crippen LogP contribution in [0.5, 0.6) is 0 Å². The molecule has 2 fully saturated rings. The summed E-state index contributed by atoms with van der Waals surface area (Å²) in [4.78, 5) is 28.1. The molecular weight excluding hydrogens is 365 g/mol. The maximum absolute atomic E-state index is 14.7. The molecule has 1 amide bonds. The molecule has 0 radical (unpaired) electrons. The van der Waals surface area contributed by atoms with Crippen LogP contribution < -0.4 is 10.2 Å². The van der Waals surface area contributed by atoms with Gasteiger partial charge >= 0.3 is 5.97 Å². The van der Waals surface area contributed by atoms with Gasteiger partial charge in [0, 0.05) is 44.6 Å². The second kappa shape index (κ2) is 7.23. The van der Waals surface area contributed by atoms with E-state index < -0.39 is 17.7 Å². The molecule has 1 aromatic carbocycles. The van der Waals surface area contributed by atoms with E-state index in [1.165, 1.54) is 30.4 Å². The lowest BCUT2D eigenvalue weighted by Crippen LogP contribution is -2.50. The number of nitrogens with one attached hydrogen (secondary N) is 1. The van der Waals surface area contributed by atoms with Crippen LogP contribution in [-0.2, 0) is 7.05 Å². The van der Waals surface area contributed by atoms with Crippen molar-refractivity contribution < 1.29 is 19.1 Å². The molecule has 148 valence electrons. The van der Waals surface area contributed by atoms with Gasteiger partial charge in [-0.05, 0) is 37.6 Å². The number of hydrogen-bond acceptors (Lipinski definition) is 5. The summed E-state index contributed by atoms with van der Waals surface area (Å²) in [6.45, 7) is 3.63. The van der Waals surface area contributed by atoms with E-state index in [9.17, 15) is 19.1 Å². The first-order valence-electron chi connectivity index (χ1n) is 9.29. The van der Waals surface area contributed by atoms with Crippen molar-refractivity contribution in [2.45, 2.75) is 18.9 Å². The number of aryl methyl sites for hydroxylation is 1. The first kappa shape index (κ1) is 18.4. The number of fused-ring (bicyclic) bond motifs is 1. The third kappa shape index (κ3) is 3.45. The normalized spacial score (nSPS) is 19.5. The van der Waals surface area contributed by atoms with E-state index in [0.29, 0.717) is 11.7 Å². The standard InChI is InChI=1S/C19H22FN5O3/c1-23-11-14(19(27)28)17(22-23)18(26)21-12-4-5-16(15(20)9-12)25-8-7-24-6-2-3-13(24)10-25/h4-5,9,11,13H,2-3,6-8,10H2,1H3,(H,21,26)(H,27,28)/t13-/m0/s1. The lowest BCUT2D eigenvalue weighted by Gasteiger charge is -2.39. The Kier molecular flexibility index (Phi) is 4.76. The summed E-state index contributed by atoms with van der Waals surface area (Å²) in [7, 11) is 1.53. The molecule has 2 aromatic rings. The van der Waals surface area contributed by atoms with Gasteiger partial charge in [-0.3, -0.25) is 14.4 Å². The number of carbonyl (C=O) groups is 2. The Morgan fingerprint density at radius 2 is 2.11 bits per heavy atom. The van der Waals surface area contributed by atoms with Crippen molar-refractivity contribution >= 4 is 23.3 Å². The molecule has 4 rings (SSSR count). The number of benzene rings is 1. The van der Waals surface area contributed by atoms with E-state index in [-0.39, 0.29) is 16.9 Å². The molecule has 0 saturated carbocycles. The number of carboxylic acids is 1. The van der Waals surface area contributed by atoms with E-state index >= 15 is 0 Å². The minimum Gasteiger partial charge on any atom is -0.478 e. The number of hydrogen-bond donors (Lipinski definition) is 2. The number of rotatable bonds is 4. The number of carboxylic acid groups (broad SMARTS) is 1. The van der Waals surface area contributed by atoms with Crippen LogP contribution in [0.2, 0.25) is 0 Å². The van der Waals surface area contributed by atoms with Crippen LogP contribution in [0.15, 0.2) is 24.4 Å². The number of nitrogens with zero attached hydrogens (tertiary/aromatic N) is 4. The van der Waals surface area contributed by atoms with Gasteiger partial charge in [-0.1, -0.05) is 0 Å². The van der Waals surface area contributed by atoms with Crippen LogP contribution in [0.1, 0.15) is 33.7 Å². The molecule has 2 aliphatic heterocycles. The van der Waals surface area contributed by atoms with Crippen LogP contribution in [0.4, 0.5) is 15.8 Å². The number of aromatic nitrogens is 2. The first-order valence-corrected chi connectivity index (χ1v) is 9.29. The van der Waals surface area contributed by atoms with E-state index in [1.54, 1.807) is 12.1 Å². The number of carbonyl (C=O) groups excluding carboxylic acids is 1. The summed E-state index contributed by atoms with van der Waals surface area (Å²) in [5, 5.41) is 15.6. The Morgan fingerprint density at radius 1 is 1.29 bits per heavy atom. The number of amides is 1. The average molecular weight is 387 g/mol. The zero-order chi connectivity index (χ0) is 19.8. The highest BCUT2D eigenvalue weighted by Crippen LogP contribution is 2.28. The molecule has 2 N–H and O–H groups in total. The summed E-state index contributed by atoms with van der Waals surface area (Å²) in [6.07, 6.45) is 3.59. The third-order valence-corrected chi connectivity index (χ3v) is 5.41. The predicted molar refractivity (Wildman–Crippen MR) is 101 cm³/mol. The molecule has 2 aliphatic rings. The summed E-state index contributed by atoms with van der Waals surface area (Å²) in [5.74, 6) is -2.35. The van der Waals surface area contributed by atoms with Gasteiger partial charge < -0.3 is 15.3 Å². The molecule has 0 bridgehead atoms. The molecule has 2 saturated heterocycles. The van der Waals surface area contributed by atoms with Crippen molar-refractivity contribution in [2.75, 3.05) is 36.4 Å². The summed E-state index contributed by atoms with van der Waals surface area (Å²) >= 11 is 0. The maximum atomic E-state index is 14.7. The maximum Gasteiger partial charge on any atom is 0.339 e. The summed E-state index contributed by atoms with van der Waals surface area (Å²) in [6, 6.07) is 5.02. The molecule has 0 aliphatic carbocycles.